The maximum atomic E-state index is 9.89. The van der Waals surface area contributed by atoms with Crippen molar-refractivity contribution in [2.75, 3.05) is 0 Å². The molecule has 0 bridgehead atoms. The van der Waals surface area contributed by atoms with Gasteiger partial charge in [0.15, 0.2) is 0 Å². The van der Waals surface area contributed by atoms with Crippen LogP contribution in [0.1, 0.15) is 43.2 Å². The SMILES string of the molecule is Cc1cc(C2(N)CCCCC2)c(O)cc1O. The van der Waals surface area contributed by atoms with Gasteiger partial charge in [-0.05, 0) is 31.4 Å². The zero-order valence-electron chi connectivity index (χ0n) is 9.66. The van der Waals surface area contributed by atoms with E-state index in [0.717, 1.165) is 36.8 Å². The number of nitrogens with two attached hydrogens (primary N) is 1. The minimum Gasteiger partial charge on any atom is -0.508 e. The van der Waals surface area contributed by atoms with Crippen LogP contribution in [0.5, 0.6) is 11.5 Å². The first-order valence-corrected chi connectivity index (χ1v) is 5.85. The molecular weight excluding hydrogens is 202 g/mol. The first kappa shape index (κ1) is 11.3. The van der Waals surface area contributed by atoms with E-state index in [1.807, 2.05) is 13.0 Å². The van der Waals surface area contributed by atoms with E-state index in [1.165, 1.54) is 12.5 Å². The average molecular weight is 221 g/mol. The van der Waals surface area contributed by atoms with Crippen molar-refractivity contribution in [1.29, 1.82) is 0 Å². The molecule has 0 amide bonds. The van der Waals surface area contributed by atoms with Gasteiger partial charge in [0.05, 0.1) is 0 Å². The molecule has 0 heterocycles. The van der Waals surface area contributed by atoms with Gasteiger partial charge in [-0.3, -0.25) is 0 Å². The van der Waals surface area contributed by atoms with Gasteiger partial charge >= 0.3 is 0 Å². The van der Waals surface area contributed by atoms with Crippen molar-refractivity contribution in [3.63, 3.8) is 0 Å². The molecule has 0 aromatic heterocycles. The van der Waals surface area contributed by atoms with Crippen molar-refractivity contribution in [2.45, 2.75) is 44.6 Å². The van der Waals surface area contributed by atoms with Crippen molar-refractivity contribution in [3.05, 3.63) is 23.3 Å². The topological polar surface area (TPSA) is 66.5 Å². The third-order valence-corrected chi connectivity index (χ3v) is 3.60. The van der Waals surface area contributed by atoms with Crippen molar-refractivity contribution < 1.29 is 10.2 Å². The second-order valence-corrected chi connectivity index (χ2v) is 4.87. The Kier molecular flexibility index (Phi) is 2.80. The summed E-state index contributed by atoms with van der Waals surface area (Å²) < 4.78 is 0. The highest BCUT2D eigenvalue weighted by molar-refractivity contribution is 5.47. The van der Waals surface area contributed by atoms with Gasteiger partial charge in [0.25, 0.3) is 0 Å². The fraction of sp³-hybridized carbons (Fsp3) is 0.538. The normalized spacial score (nSPS) is 19.6. The summed E-state index contributed by atoms with van der Waals surface area (Å²) in [5, 5.41) is 19.4. The van der Waals surface area contributed by atoms with Crippen LogP contribution in [0.2, 0.25) is 0 Å². The van der Waals surface area contributed by atoms with E-state index in [0.29, 0.717) is 0 Å². The number of benzene rings is 1. The maximum Gasteiger partial charge on any atom is 0.124 e. The summed E-state index contributed by atoms with van der Waals surface area (Å²) >= 11 is 0. The lowest BCUT2D eigenvalue weighted by molar-refractivity contribution is 0.291. The van der Waals surface area contributed by atoms with E-state index in [4.69, 9.17) is 5.73 Å². The molecule has 16 heavy (non-hydrogen) atoms. The highest BCUT2D eigenvalue weighted by Gasteiger charge is 2.32. The summed E-state index contributed by atoms with van der Waals surface area (Å²) in [5.41, 5.74) is 7.49. The molecule has 1 aliphatic carbocycles. The van der Waals surface area contributed by atoms with Crippen molar-refractivity contribution >= 4 is 0 Å². The molecule has 1 saturated carbocycles. The van der Waals surface area contributed by atoms with Gasteiger partial charge in [0, 0.05) is 17.2 Å². The van der Waals surface area contributed by atoms with Gasteiger partial charge in [0.2, 0.25) is 0 Å². The first-order valence-electron chi connectivity index (χ1n) is 5.85. The van der Waals surface area contributed by atoms with Gasteiger partial charge < -0.3 is 15.9 Å². The van der Waals surface area contributed by atoms with E-state index >= 15 is 0 Å². The summed E-state index contributed by atoms with van der Waals surface area (Å²) in [6, 6.07) is 3.21. The van der Waals surface area contributed by atoms with E-state index in [1.54, 1.807) is 0 Å². The highest BCUT2D eigenvalue weighted by atomic mass is 16.3. The molecule has 0 saturated heterocycles. The fourth-order valence-corrected chi connectivity index (χ4v) is 2.54. The van der Waals surface area contributed by atoms with Gasteiger partial charge in [-0.25, -0.2) is 0 Å². The molecule has 0 radical (unpaired) electrons. The summed E-state index contributed by atoms with van der Waals surface area (Å²) in [7, 11) is 0. The van der Waals surface area contributed by atoms with Crippen LogP contribution in [0, 0.1) is 6.92 Å². The van der Waals surface area contributed by atoms with Gasteiger partial charge in [0.1, 0.15) is 11.5 Å². The number of phenolic OH excluding ortho intramolecular Hbond substituents is 2. The highest BCUT2D eigenvalue weighted by Crippen LogP contribution is 2.40. The first-order chi connectivity index (χ1) is 7.53. The third kappa shape index (κ3) is 1.87. The van der Waals surface area contributed by atoms with Crippen molar-refractivity contribution in [3.8, 4) is 11.5 Å². The molecule has 1 aliphatic rings. The van der Waals surface area contributed by atoms with Gasteiger partial charge in [-0.15, -0.1) is 0 Å². The molecule has 4 N–H and O–H groups in total. The summed E-state index contributed by atoms with van der Waals surface area (Å²) in [6.45, 7) is 1.82. The van der Waals surface area contributed by atoms with Crippen LogP contribution in [-0.4, -0.2) is 10.2 Å². The standard InChI is InChI=1S/C13H19NO2/c1-9-7-10(12(16)8-11(9)15)13(14)5-3-2-4-6-13/h7-8,15-16H,2-6,14H2,1H3. The molecule has 0 unspecified atom stereocenters. The number of hydrogen-bond acceptors (Lipinski definition) is 3. The van der Waals surface area contributed by atoms with Crippen LogP contribution < -0.4 is 5.73 Å². The minimum atomic E-state index is -0.416. The summed E-state index contributed by atoms with van der Waals surface area (Å²) in [6.07, 6.45) is 5.25. The minimum absolute atomic E-state index is 0.118. The van der Waals surface area contributed by atoms with Crippen LogP contribution in [0.15, 0.2) is 12.1 Å². The molecule has 88 valence electrons. The molecule has 1 aromatic carbocycles. The Morgan fingerprint density at radius 2 is 1.69 bits per heavy atom. The Morgan fingerprint density at radius 1 is 1.06 bits per heavy atom. The average Bonchev–Trinajstić information content (AvgIpc) is 2.24. The zero-order chi connectivity index (χ0) is 11.8. The molecule has 3 heteroatoms. The van der Waals surface area contributed by atoms with Crippen LogP contribution in [0.3, 0.4) is 0 Å². The molecular formula is C13H19NO2. The van der Waals surface area contributed by atoms with Crippen LogP contribution in [-0.2, 0) is 5.54 Å². The molecule has 0 atom stereocenters. The fourth-order valence-electron chi connectivity index (χ4n) is 2.54. The molecule has 2 rings (SSSR count). The summed E-state index contributed by atoms with van der Waals surface area (Å²) in [4.78, 5) is 0. The number of aromatic hydroxyl groups is 2. The second-order valence-electron chi connectivity index (χ2n) is 4.87. The molecule has 1 fully saturated rings. The number of hydrogen-bond donors (Lipinski definition) is 3. The second kappa shape index (κ2) is 3.98. The molecule has 0 spiro atoms. The monoisotopic (exact) mass is 221 g/mol. The lowest BCUT2D eigenvalue weighted by Crippen LogP contribution is -2.38. The van der Waals surface area contributed by atoms with Crippen LogP contribution >= 0.6 is 0 Å². The zero-order valence-corrected chi connectivity index (χ0v) is 9.66. The third-order valence-electron chi connectivity index (χ3n) is 3.60. The maximum absolute atomic E-state index is 9.89. The molecule has 1 aromatic rings. The Labute approximate surface area is 95.9 Å². The molecule has 3 nitrogen and oxygen atoms in total. The van der Waals surface area contributed by atoms with Gasteiger partial charge in [-0.2, -0.15) is 0 Å². The Bertz CT molecular complexity index is 395. The number of rotatable bonds is 1. The Balaban J connectivity index is 2.42. The van der Waals surface area contributed by atoms with E-state index in [-0.39, 0.29) is 11.5 Å². The lowest BCUT2D eigenvalue weighted by atomic mass is 9.76. The molecule has 0 aliphatic heterocycles. The van der Waals surface area contributed by atoms with E-state index in [9.17, 15) is 10.2 Å². The predicted octanol–water partition coefficient (Wildman–Crippen LogP) is 2.52. The van der Waals surface area contributed by atoms with Crippen LogP contribution in [0.25, 0.3) is 0 Å². The quantitative estimate of drug-likeness (QED) is 0.682. The summed E-state index contributed by atoms with van der Waals surface area (Å²) in [5.74, 6) is 0.244. The van der Waals surface area contributed by atoms with Crippen LogP contribution in [0.4, 0.5) is 0 Å². The Morgan fingerprint density at radius 3 is 2.31 bits per heavy atom. The largest absolute Gasteiger partial charge is 0.508 e. The van der Waals surface area contributed by atoms with E-state index in [2.05, 4.69) is 0 Å². The predicted molar refractivity (Wildman–Crippen MR) is 63.5 cm³/mol. The van der Waals surface area contributed by atoms with Crippen molar-refractivity contribution in [1.82, 2.24) is 0 Å². The van der Waals surface area contributed by atoms with Crippen molar-refractivity contribution in [2.24, 2.45) is 5.73 Å². The van der Waals surface area contributed by atoms with Gasteiger partial charge in [-0.1, -0.05) is 19.3 Å². The Hall–Kier alpha value is -1.22. The lowest BCUT2D eigenvalue weighted by Gasteiger charge is -2.34. The smallest absolute Gasteiger partial charge is 0.124 e. The number of aryl methyl sites for hydroxylation is 1. The van der Waals surface area contributed by atoms with E-state index < -0.39 is 5.54 Å². The number of phenols is 2.